The monoisotopic (exact) mass is 297 g/mol. The minimum Gasteiger partial charge on any atom is -0.496 e. The zero-order chi connectivity index (χ0) is 14.6. The SMILES string of the molecule is COc1ccc(Cl)cc1CC(=O)NCC1(O)CCCC1. The predicted molar refractivity (Wildman–Crippen MR) is 78.1 cm³/mol. The van der Waals surface area contributed by atoms with E-state index in [1.54, 1.807) is 25.3 Å². The van der Waals surface area contributed by atoms with Crippen molar-refractivity contribution in [3.63, 3.8) is 0 Å². The Labute approximate surface area is 124 Å². The van der Waals surface area contributed by atoms with Gasteiger partial charge in [-0.3, -0.25) is 4.79 Å². The number of carbonyl (C=O) groups excluding carboxylic acids is 1. The number of benzene rings is 1. The molecule has 110 valence electrons. The minimum atomic E-state index is -0.728. The zero-order valence-corrected chi connectivity index (χ0v) is 12.4. The maximum atomic E-state index is 12.0. The second-order valence-corrected chi connectivity index (χ2v) is 5.78. The first-order valence-corrected chi connectivity index (χ1v) is 7.22. The molecule has 0 aliphatic heterocycles. The van der Waals surface area contributed by atoms with Crippen molar-refractivity contribution in [1.29, 1.82) is 0 Å². The van der Waals surface area contributed by atoms with Crippen LogP contribution in [0.25, 0.3) is 0 Å². The third-order valence-corrected chi connectivity index (χ3v) is 3.98. The van der Waals surface area contributed by atoms with E-state index in [0.717, 1.165) is 31.2 Å². The molecule has 1 aromatic carbocycles. The Balaban J connectivity index is 1.92. The maximum absolute atomic E-state index is 12.0. The molecule has 0 unspecified atom stereocenters. The van der Waals surface area contributed by atoms with Crippen molar-refractivity contribution in [2.75, 3.05) is 13.7 Å². The van der Waals surface area contributed by atoms with Gasteiger partial charge in [0.25, 0.3) is 0 Å². The van der Waals surface area contributed by atoms with Gasteiger partial charge in [-0.25, -0.2) is 0 Å². The van der Waals surface area contributed by atoms with E-state index < -0.39 is 5.60 Å². The van der Waals surface area contributed by atoms with Gasteiger partial charge in [-0.05, 0) is 31.0 Å². The van der Waals surface area contributed by atoms with Gasteiger partial charge in [0.2, 0.25) is 5.91 Å². The average molecular weight is 298 g/mol. The van der Waals surface area contributed by atoms with Crippen molar-refractivity contribution in [2.24, 2.45) is 0 Å². The third-order valence-electron chi connectivity index (χ3n) is 3.74. The van der Waals surface area contributed by atoms with E-state index in [9.17, 15) is 9.90 Å². The molecule has 1 aromatic rings. The second kappa shape index (κ2) is 6.46. The Hall–Kier alpha value is -1.26. The first-order chi connectivity index (χ1) is 9.52. The van der Waals surface area contributed by atoms with E-state index in [4.69, 9.17) is 16.3 Å². The predicted octanol–water partition coefficient (Wildman–Crippen LogP) is 2.31. The van der Waals surface area contributed by atoms with Crippen LogP contribution >= 0.6 is 11.6 Å². The van der Waals surface area contributed by atoms with Crippen LogP contribution in [0.1, 0.15) is 31.2 Å². The van der Waals surface area contributed by atoms with Crippen LogP contribution in [0.15, 0.2) is 18.2 Å². The van der Waals surface area contributed by atoms with Gasteiger partial charge < -0.3 is 15.2 Å². The fourth-order valence-corrected chi connectivity index (χ4v) is 2.79. The summed E-state index contributed by atoms with van der Waals surface area (Å²) in [4.78, 5) is 12.0. The highest BCUT2D eigenvalue weighted by Crippen LogP contribution is 2.28. The lowest BCUT2D eigenvalue weighted by molar-refractivity contribution is -0.121. The molecule has 2 N–H and O–H groups in total. The van der Waals surface area contributed by atoms with Crippen molar-refractivity contribution in [1.82, 2.24) is 5.32 Å². The van der Waals surface area contributed by atoms with Crippen molar-refractivity contribution in [3.05, 3.63) is 28.8 Å². The van der Waals surface area contributed by atoms with E-state index >= 15 is 0 Å². The first kappa shape index (κ1) is 15.1. The average Bonchev–Trinajstić information content (AvgIpc) is 2.84. The number of amides is 1. The largest absolute Gasteiger partial charge is 0.496 e. The van der Waals surface area contributed by atoms with E-state index in [-0.39, 0.29) is 12.3 Å². The Bertz CT molecular complexity index is 484. The fraction of sp³-hybridized carbons (Fsp3) is 0.533. The van der Waals surface area contributed by atoms with Crippen LogP contribution < -0.4 is 10.1 Å². The van der Waals surface area contributed by atoms with Gasteiger partial charge in [0.1, 0.15) is 5.75 Å². The highest BCUT2D eigenvalue weighted by molar-refractivity contribution is 6.30. The number of rotatable bonds is 5. The molecule has 0 saturated heterocycles. The third kappa shape index (κ3) is 3.87. The Morgan fingerprint density at radius 3 is 2.80 bits per heavy atom. The van der Waals surface area contributed by atoms with Crippen LogP contribution in [0, 0.1) is 0 Å². The summed E-state index contributed by atoms with van der Waals surface area (Å²) in [7, 11) is 1.56. The molecule has 0 atom stereocenters. The maximum Gasteiger partial charge on any atom is 0.224 e. The molecule has 0 radical (unpaired) electrons. The number of nitrogens with one attached hydrogen (secondary N) is 1. The summed E-state index contributed by atoms with van der Waals surface area (Å²) in [6.07, 6.45) is 3.75. The highest BCUT2D eigenvalue weighted by Gasteiger charge is 2.31. The second-order valence-electron chi connectivity index (χ2n) is 5.34. The Kier molecular flexibility index (Phi) is 4.89. The van der Waals surface area contributed by atoms with Crippen molar-refractivity contribution >= 4 is 17.5 Å². The molecular weight excluding hydrogens is 278 g/mol. The van der Waals surface area contributed by atoms with E-state index in [1.165, 1.54) is 0 Å². The lowest BCUT2D eigenvalue weighted by atomic mass is 10.0. The minimum absolute atomic E-state index is 0.133. The summed E-state index contributed by atoms with van der Waals surface area (Å²) in [6.45, 7) is 0.314. The Morgan fingerprint density at radius 1 is 1.45 bits per heavy atom. The molecule has 0 heterocycles. The molecule has 4 nitrogen and oxygen atoms in total. The highest BCUT2D eigenvalue weighted by atomic mass is 35.5. The summed E-state index contributed by atoms with van der Waals surface area (Å²) in [5, 5.41) is 13.6. The number of hydrogen-bond acceptors (Lipinski definition) is 3. The molecule has 1 amide bonds. The summed E-state index contributed by atoms with van der Waals surface area (Å²) < 4.78 is 5.21. The lowest BCUT2D eigenvalue weighted by Crippen LogP contribution is -2.41. The smallest absolute Gasteiger partial charge is 0.224 e. The van der Waals surface area contributed by atoms with Gasteiger partial charge in [-0.1, -0.05) is 24.4 Å². The number of methoxy groups -OCH3 is 1. The molecule has 1 aliphatic carbocycles. The normalized spacial score (nSPS) is 16.9. The number of halogens is 1. The zero-order valence-electron chi connectivity index (χ0n) is 11.6. The van der Waals surface area contributed by atoms with Gasteiger partial charge in [0.15, 0.2) is 0 Å². The topological polar surface area (TPSA) is 58.6 Å². The van der Waals surface area contributed by atoms with Crippen LogP contribution in [0.4, 0.5) is 0 Å². The summed E-state index contributed by atoms with van der Waals surface area (Å²) in [6, 6.07) is 5.20. The van der Waals surface area contributed by atoms with Crippen molar-refractivity contribution in [2.45, 2.75) is 37.7 Å². The summed E-state index contributed by atoms with van der Waals surface area (Å²) in [5.74, 6) is 0.509. The summed E-state index contributed by atoms with van der Waals surface area (Å²) >= 11 is 5.93. The van der Waals surface area contributed by atoms with Gasteiger partial charge >= 0.3 is 0 Å². The standard InChI is InChI=1S/C15H20ClNO3/c1-20-13-5-4-12(16)8-11(13)9-14(18)17-10-15(19)6-2-3-7-15/h4-5,8,19H,2-3,6-7,9-10H2,1H3,(H,17,18). The van der Waals surface area contributed by atoms with Crippen LogP contribution in [-0.2, 0) is 11.2 Å². The van der Waals surface area contributed by atoms with Gasteiger partial charge in [-0.2, -0.15) is 0 Å². The molecular formula is C15H20ClNO3. The molecule has 5 heteroatoms. The number of carbonyl (C=O) groups is 1. The molecule has 0 bridgehead atoms. The van der Waals surface area contributed by atoms with Crippen LogP contribution in [0.3, 0.4) is 0 Å². The van der Waals surface area contributed by atoms with E-state index in [1.807, 2.05) is 0 Å². The van der Waals surface area contributed by atoms with Crippen LogP contribution in [-0.4, -0.2) is 30.3 Å². The van der Waals surface area contributed by atoms with Crippen molar-refractivity contribution < 1.29 is 14.6 Å². The van der Waals surface area contributed by atoms with Crippen LogP contribution in [0.5, 0.6) is 5.75 Å². The van der Waals surface area contributed by atoms with Gasteiger partial charge in [-0.15, -0.1) is 0 Å². The Morgan fingerprint density at radius 2 is 2.15 bits per heavy atom. The first-order valence-electron chi connectivity index (χ1n) is 6.84. The van der Waals surface area contributed by atoms with Crippen molar-refractivity contribution in [3.8, 4) is 5.75 Å². The lowest BCUT2D eigenvalue weighted by Gasteiger charge is -2.22. The molecule has 0 aromatic heterocycles. The van der Waals surface area contributed by atoms with E-state index in [0.29, 0.717) is 17.3 Å². The van der Waals surface area contributed by atoms with Gasteiger partial charge in [0, 0.05) is 17.1 Å². The molecule has 20 heavy (non-hydrogen) atoms. The molecule has 1 fully saturated rings. The molecule has 2 rings (SSSR count). The van der Waals surface area contributed by atoms with E-state index in [2.05, 4.69) is 5.32 Å². The number of ether oxygens (including phenoxy) is 1. The fourth-order valence-electron chi connectivity index (χ4n) is 2.59. The molecule has 1 saturated carbocycles. The number of aliphatic hydroxyl groups is 1. The number of hydrogen-bond donors (Lipinski definition) is 2. The van der Waals surface area contributed by atoms with Gasteiger partial charge in [0.05, 0.1) is 19.1 Å². The summed E-state index contributed by atoms with van der Waals surface area (Å²) in [5.41, 5.74) is 0.0181. The van der Waals surface area contributed by atoms with Crippen LogP contribution in [0.2, 0.25) is 5.02 Å². The molecule has 1 aliphatic rings. The quantitative estimate of drug-likeness (QED) is 0.877. The molecule has 0 spiro atoms.